The number of aryl methyl sites for hydroxylation is 1. The summed E-state index contributed by atoms with van der Waals surface area (Å²) in [4.78, 5) is 8.87. The van der Waals surface area contributed by atoms with Gasteiger partial charge in [0.1, 0.15) is 17.5 Å². The molecule has 5 nitrogen and oxygen atoms in total. The van der Waals surface area contributed by atoms with Gasteiger partial charge in [0.2, 0.25) is 0 Å². The van der Waals surface area contributed by atoms with Gasteiger partial charge in [0.15, 0.2) is 0 Å². The van der Waals surface area contributed by atoms with E-state index in [1.165, 1.54) is 25.7 Å². The first-order chi connectivity index (χ1) is 10.7. The topological polar surface area (TPSA) is 73.6 Å². The number of hydrogen-bond donors (Lipinski definition) is 2. The molecule has 0 aliphatic heterocycles. The predicted octanol–water partition coefficient (Wildman–Crippen LogP) is 3.75. The average Bonchev–Trinajstić information content (AvgIpc) is 2.99. The second-order valence-electron chi connectivity index (χ2n) is 5.63. The molecule has 1 saturated carbocycles. The fourth-order valence-electron chi connectivity index (χ4n) is 2.80. The van der Waals surface area contributed by atoms with Gasteiger partial charge in [-0.15, -0.1) is 0 Å². The molecule has 2 aromatic rings. The Morgan fingerprint density at radius 2 is 1.91 bits per heavy atom. The van der Waals surface area contributed by atoms with Crippen molar-refractivity contribution in [2.75, 3.05) is 10.6 Å². The van der Waals surface area contributed by atoms with E-state index in [2.05, 4.69) is 26.7 Å². The molecule has 0 atom stereocenters. The van der Waals surface area contributed by atoms with E-state index in [0.717, 1.165) is 23.1 Å². The largest absolute Gasteiger partial charge is 0.367 e. The summed E-state index contributed by atoms with van der Waals surface area (Å²) in [7, 11) is 0. The minimum Gasteiger partial charge on any atom is -0.367 e. The Labute approximate surface area is 130 Å². The number of hydrogen-bond acceptors (Lipinski definition) is 5. The first-order valence-corrected chi connectivity index (χ1v) is 7.62. The number of aromatic nitrogens is 2. The summed E-state index contributed by atoms with van der Waals surface area (Å²) in [5, 5.41) is 15.7. The highest BCUT2D eigenvalue weighted by atomic mass is 15.1. The van der Waals surface area contributed by atoms with Crippen LogP contribution in [0.4, 0.5) is 17.3 Å². The monoisotopic (exact) mass is 293 g/mol. The summed E-state index contributed by atoms with van der Waals surface area (Å²) in [6, 6.07) is 11.9. The van der Waals surface area contributed by atoms with E-state index < -0.39 is 0 Å². The van der Waals surface area contributed by atoms with Crippen molar-refractivity contribution in [3.05, 3.63) is 41.7 Å². The molecular weight excluding hydrogens is 274 g/mol. The maximum atomic E-state index is 8.96. The Kier molecular flexibility index (Phi) is 4.19. The summed E-state index contributed by atoms with van der Waals surface area (Å²) < 4.78 is 0. The minimum atomic E-state index is 0.518. The first-order valence-electron chi connectivity index (χ1n) is 7.62. The van der Waals surface area contributed by atoms with Crippen LogP contribution in [0.2, 0.25) is 0 Å². The molecule has 22 heavy (non-hydrogen) atoms. The standard InChI is InChI=1S/C17H19N5/c1-12-19-16(21-14-6-2-3-7-14)10-17(20-12)22-15-8-4-5-13(9-15)11-18/h4-5,8-10,14H,2-3,6-7H2,1H3,(H2,19,20,21,22). The van der Waals surface area contributed by atoms with Crippen molar-refractivity contribution in [3.63, 3.8) is 0 Å². The third-order valence-electron chi connectivity index (χ3n) is 3.81. The number of nitrogens with one attached hydrogen (secondary N) is 2. The van der Waals surface area contributed by atoms with Gasteiger partial charge in [-0.1, -0.05) is 18.9 Å². The molecular formula is C17H19N5. The fourth-order valence-corrected chi connectivity index (χ4v) is 2.80. The highest BCUT2D eigenvalue weighted by Gasteiger charge is 2.15. The number of nitrogens with zero attached hydrogens (tertiary/aromatic N) is 3. The number of anilines is 3. The normalized spacial score (nSPS) is 14.5. The van der Waals surface area contributed by atoms with E-state index in [-0.39, 0.29) is 0 Å². The zero-order valence-corrected chi connectivity index (χ0v) is 12.6. The van der Waals surface area contributed by atoms with Crippen LogP contribution in [0, 0.1) is 18.3 Å². The Morgan fingerprint density at radius 1 is 1.14 bits per heavy atom. The van der Waals surface area contributed by atoms with Crippen molar-refractivity contribution in [1.29, 1.82) is 5.26 Å². The van der Waals surface area contributed by atoms with E-state index in [0.29, 0.717) is 11.6 Å². The second kappa shape index (κ2) is 6.44. The van der Waals surface area contributed by atoms with Gasteiger partial charge in [-0.05, 0) is 38.0 Å². The van der Waals surface area contributed by atoms with E-state index in [1.54, 1.807) is 6.07 Å². The summed E-state index contributed by atoms with van der Waals surface area (Å²) in [6.07, 6.45) is 4.98. The van der Waals surface area contributed by atoms with Crippen LogP contribution in [-0.2, 0) is 0 Å². The lowest BCUT2D eigenvalue weighted by molar-refractivity contribution is 0.748. The van der Waals surface area contributed by atoms with Crippen molar-refractivity contribution >= 4 is 17.3 Å². The molecule has 112 valence electrons. The number of rotatable bonds is 4. The van der Waals surface area contributed by atoms with Crippen LogP contribution < -0.4 is 10.6 Å². The second-order valence-corrected chi connectivity index (χ2v) is 5.63. The molecule has 0 unspecified atom stereocenters. The lowest BCUT2D eigenvalue weighted by Crippen LogP contribution is -2.16. The molecule has 2 N–H and O–H groups in total. The van der Waals surface area contributed by atoms with Crippen molar-refractivity contribution in [2.24, 2.45) is 0 Å². The summed E-state index contributed by atoms with van der Waals surface area (Å²) in [6.45, 7) is 1.89. The first kappa shape index (κ1) is 14.3. The lowest BCUT2D eigenvalue weighted by Gasteiger charge is -2.14. The fraction of sp³-hybridized carbons (Fsp3) is 0.353. The van der Waals surface area contributed by atoms with Crippen molar-refractivity contribution in [3.8, 4) is 6.07 Å². The highest BCUT2D eigenvalue weighted by Crippen LogP contribution is 2.23. The van der Waals surface area contributed by atoms with Crippen LogP contribution in [0.25, 0.3) is 0 Å². The van der Waals surface area contributed by atoms with E-state index in [4.69, 9.17) is 5.26 Å². The Hall–Kier alpha value is -2.61. The van der Waals surface area contributed by atoms with Crippen molar-refractivity contribution < 1.29 is 0 Å². The van der Waals surface area contributed by atoms with Crippen molar-refractivity contribution in [1.82, 2.24) is 9.97 Å². The van der Waals surface area contributed by atoms with E-state index in [9.17, 15) is 0 Å². The summed E-state index contributed by atoms with van der Waals surface area (Å²) >= 11 is 0. The zero-order chi connectivity index (χ0) is 15.4. The van der Waals surface area contributed by atoms with Gasteiger partial charge in [0, 0.05) is 17.8 Å². The van der Waals surface area contributed by atoms with Gasteiger partial charge in [0.05, 0.1) is 11.6 Å². The molecule has 1 heterocycles. The van der Waals surface area contributed by atoms with Gasteiger partial charge < -0.3 is 10.6 Å². The smallest absolute Gasteiger partial charge is 0.136 e. The minimum absolute atomic E-state index is 0.518. The molecule has 1 fully saturated rings. The molecule has 5 heteroatoms. The van der Waals surface area contributed by atoms with Gasteiger partial charge in [-0.2, -0.15) is 5.26 Å². The van der Waals surface area contributed by atoms with Crippen LogP contribution in [0.5, 0.6) is 0 Å². The SMILES string of the molecule is Cc1nc(Nc2cccc(C#N)c2)cc(NC2CCCC2)n1. The van der Waals surface area contributed by atoms with Crippen LogP contribution in [0.3, 0.4) is 0 Å². The molecule has 0 radical (unpaired) electrons. The third-order valence-corrected chi connectivity index (χ3v) is 3.81. The molecule has 0 bridgehead atoms. The van der Waals surface area contributed by atoms with Crippen LogP contribution in [-0.4, -0.2) is 16.0 Å². The summed E-state index contributed by atoms with van der Waals surface area (Å²) in [5.74, 6) is 2.32. The average molecular weight is 293 g/mol. The van der Waals surface area contributed by atoms with Gasteiger partial charge >= 0.3 is 0 Å². The van der Waals surface area contributed by atoms with E-state index in [1.807, 2.05) is 31.2 Å². The predicted molar refractivity (Wildman–Crippen MR) is 87.1 cm³/mol. The Balaban J connectivity index is 1.78. The molecule has 3 rings (SSSR count). The van der Waals surface area contributed by atoms with Crippen LogP contribution in [0.15, 0.2) is 30.3 Å². The van der Waals surface area contributed by atoms with Crippen molar-refractivity contribution in [2.45, 2.75) is 38.6 Å². The van der Waals surface area contributed by atoms with Crippen LogP contribution in [0.1, 0.15) is 37.1 Å². The van der Waals surface area contributed by atoms with E-state index >= 15 is 0 Å². The van der Waals surface area contributed by atoms with Gasteiger partial charge in [-0.25, -0.2) is 9.97 Å². The molecule has 1 aromatic carbocycles. The molecule has 1 aliphatic rings. The highest BCUT2D eigenvalue weighted by molar-refractivity contribution is 5.61. The molecule has 0 amide bonds. The lowest BCUT2D eigenvalue weighted by atomic mass is 10.2. The summed E-state index contributed by atoms with van der Waals surface area (Å²) in [5.41, 5.74) is 1.48. The maximum absolute atomic E-state index is 8.96. The quantitative estimate of drug-likeness (QED) is 0.898. The maximum Gasteiger partial charge on any atom is 0.136 e. The molecule has 0 saturated heterocycles. The molecule has 0 spiro atoms. The zero-order valence-electron chi connectivity index (χ0n) is 12.6. The Morgan fingerprint density at radius 3 is 2.68 bits per heavy atom. The van der Waals surface area contributed by atoms with Gasteiger partial charge in [0.25, 0.3) is 0 Å². The molecule has 1 aliphatic carbocycles. The molecule has 1 aromatic heterocycles. The number of benzene rings is 1. The van der Waals surface area contributed by atoms with Gasteiger partial charge in [-0.3, -0.25) is 0 Å². The third kappa shape index (κ3) is 3.53. The van der Waals surface area contributed by atoms with Crippen LogP contribution >= 0.6 is 0 Å². The number of nitriles is 1. The Bertz CT molecular complexity index is 698.